The van der Waals surface area contributed by atoms with Gasteiger partial charge < -0.3 is 10.1 Å². The third kappa shape index (κ3) is 3.20. The lowest BCUT2D eigenvalue weighted by Crippen LogP contribution is -2.46. The summed E-state index contributed by atoms with van der Waals surface area (Å²) in [5.41, 5.74) is 1.05. The van der Waals surface area contributed by atoms with E-state index in [2.05, 4.69) is 5.32 Å². The van der Waals surface area contributed by atoms with Crippen molar-refractivity contribution in [3.05, 3.63) is 29.8 Å². The Morgan fingerprint density at radius 2 is 2.18 bits per heavy atom. The maximum atomic E-state index is 11.5. The highest BCUT2D eigenvalue weighted by Crippen LogP contribution is 2.20. The molecule has 0 saturated carbocycles. The normalized spacial score (nSPS) is 23.2. The van der Waals surface area contributed by atoms with Crippen molar-refractivity contribution >= 4 is 9.84 Å². The third-order valence-corrected chi connectivity index (χ3v) is 4.70. The molecule has 1 unspecified atom stereocenters. The summed E-state index contributed by atoms with van der Waals surface area (Å²) >= 11 is 0. The van der Waals surface area contributed by atoms with Gasteiger partial charge in [0.2, 0.25) is 0 Å². The Bertz CT molecular complexity index is 484. The molecule has 2 rings (SSSR count). The number of hydrogen-bond donors (Lipinski definition) is 1. The fourth-order valence-corrected chi connectivity index (χ4v) is 3.58. The summed E-state index contributed by atoms with van der Waals surface area (Å²) in [6.45, 7) is 0.544. The smallest absolute Gasteiger partial charge is 0.153 e. The van der Waals surface area contributed by atoms with Crippen molar-refractivity contribution in [3.8, 4) is 5.75 Å². The third-order valence-electron chi connectivity index (χ3n) is 2.96. The van der Waals surface area contributed by atoms with Gasteiger partial charge in [0.05, 0.1) is 18.6 Å². The first-order chi connectivity index (χ1) is 8.11. The average molecular weight is 255 g/mol. The molecule has 17 heavy (non-hydrogen) atoms. The highest BCUT2D eigenvalue weighted by Gasteiger charge is 2.24. The van der Waals surface area contributed by atoms with Gasteiger partial charge in [0.25, 0.3) is 0 Å². The summed E-state index contributed by atoms with van der Waals surface area (Å²) in [5.74, 6) is 1.28. The SMILES string of the molecule is COc1ccccc1CC1CS(=O)(=O)CCN1. The molecule has 0 bridgehead atoms. The first-order valence-corrected chi connectivity index (χ1v) is 7.48. The molecule has 0 aliphatic carbocycles. The molecule has 0 aromatic heterocycles. The van der Waals surface area contributed by atoms with E-state index in [1.165, 1.54) is 0 Å². The molecule has 0 spiro atoms. The Morgan fingerprint density at radius 1 is 1.41 bits per heavy atom. The van der Waals surface area contributed by atoms with Crippen LogP contribution in [0.3, 0.4) is 0 Å². The quantitative estimate of drug-likeness (QED) is 0.860. The lowest BCUT2D eigenvalue weighted by atomic mass is 10.1. The predicted molar refractivity (Wildman–Crippen MR) is 67.1 cm³/mol. The molecule has 0 radical (unpaired) electrons. The molecule has 1 aliphatic rings. The second-order valence-corrected chi connectivity index (χ2v) is 6.51. The Morgan fingerprint density at radius 3 is 2.88 bits per heavy atom. The van der Waals surface area contributed by atoms with Crippen LogP contribution in [0.15, 0.2) is 24.3 Å². The highest BCUT2D eigenvalue weighted by molar-refractivity contribution is 7.91. The van der Waals surface area contributed by atoms with E-state index in [9.17, 15) is 8.42 Å². The number of rotatable bonds is 3. The van der Waals surface area contributed by atoms with Crippen LogP contribution in [-0.2, 0) is 16.3 Å². The van der Waals surface area contributed by atoms with E-state index in [1.807, 2.05) is 24.3 Å². The maximum Gasteiger partial charge on any atom is 0.153 e. The van der Waals surface area contributed by atoms with Crippen LogP contribution in [-0.4, -0.2) is 39.6 Å². The van der Waals surface area contributed by atoms with Gasteiger partial charge in [-0.15, -0.1) is 0 Å². The first kappa shape index (κ1) is 12.4. The molecule has 1 aromatic rings. The molecule has 4 nitrogen and oxygen atoms in total. The summed E-state index contributed by atoms with van der Waals surface area (Å²) in [5, 5.41) is 3.24. The molecule has 1 aromatic carbocycles. The fourth-order valence-electron chi connectivity index (χ4n) is 2.14. The largest absolute Gasteiger partial charge is 0.496 e. The molecule has 1 N–H and O–H groups in total. The van der Waals surface area contributed by atoms with E-state index in [-0.39, 0.29) is 17.5 Å². The number of nitrogens with one attached hydrogen (secondary N) is 1. The summed E-state index contributed by atoms with van der Waals surface area (Å²) in [7, 11) is -1.25. The summed E-state index contributed by atoms with van der Waals surface area (Å²) in [6, 6.07) is 7.71. The van der Waals surface area contributed by atoms with Crippen LogP contribution in [0.25, 0.3) is 0 Å². The van der Waals surface area contributed by atoms with Crippen LogP contribution < -0.4 is 10.1 Å². The predicted octanol–water partition coefficient (Wildman–Crippen LogP) is 0.624. The van der Waals surface area contributed by atoms with Gasteiger partial charge in [-0.05, 0) is 18.1 Å². The van der Waals surface area contributed by atoms with Crippen molar-refractivity contribution in [1.82, 2.24) is 5.32 Å². The molecule has 1 aliphatic heterocycles. The van der Waals surface area contributed by atoms with Gasteiger partial charge >= 0.3 is 0 Å². The zero-order valence-electron chi connectivity index (χ0n) is 9.85. The van der Waals surface area contributed by atoms with Gasteiger partial charge in [0.1, 0.15) is 5.75 Å². The molecule has 1 atom stereocenters. The number of para-hydroxylation sites is 1. The van der Waals surface area contributed by atoms with Crippen molar-refractivity contribution in [3.63, 3.8) is 0 Å². The van der Waals surface area contributed by atoms with Crippen LogP contribution in [0.2, 0.25) is 0 Å². The Kier molecular flexibility index (Phi) is 3.69. The van der Waals surface area contributed by atoms with Crippen LogP contribution >= 0.6 is 0 Å². The second-order valence-electron chi connectivity index (χ2n) is 4.28. The van der Waals surface area contributed by atoms with E-state index in [0.717, 1.165) is 11.3 Å². The van der Waals surface area contributed by atoms with E-state index in [1.54, 1.807) is 7.11 Å². The van der Waals surface area contributed by atoms with Gasteiger partial charge in [-0.1, -0.05) is 18.2 Å². The van der Waals surface area contributed by atoms with E-state index >= 15 is 0 Å². The highest BCUT2D eigenvalue weighted by atomic mass is 32.2. The van der Waals surface area contributed by atoms with Crippen LogP contribution in [0.4, 0.5) is 0 Å². The van der Waals surface area contributed by atoms with Crippen molar-refractivity contribution < 1.29 is 13.2 Å². The van der Waals surface area contributed by atoms with Crippen molar-refractivity contribution in [2.75, 3.05) is 25.2 Å². The Labute approximate surface area is 102 Å². The van der Waals surface area contributed by atoms with Gasteiger partial charge in [-0.2, -0.15) is 0 Å². The van der Waals surface area contributed by atoms with E-state index < -0.39 is 9.84 Å². The average Bonchev–Trinajstić information content (AvgIpc) is 2.28. The molecule has 0 amide bonds. The van der Waals surface area contributed by atoms with Crippen molar-refractivity contribution in [2.45, 2.75) is 12.5 Å². The van der Waals surface area contributed by atoms with Crippen LogP contribution in [0.1, 0.15) is 5.56 Å². The zero-order chi connectivity index (χ0) is 12.3. The minimum atomic E-state index is -2.87. The van der Waals surface area contributed by atoms with Gasteiger partial charge in [0, 0.05) is 12.6 Å². The van der Waals surface area contributed by atoms with Crippen LogP contribution in [0, 0.1) is 0 Å². The minimum Gasteiger partial charge on any atom is -0.496 e. The molecule has 1 heterocycles. The zero-order valence-corrected chi connectivity index (χ0v) is 10.7. The van der Waals surface area contributed by atoms with Crippen molar-refractivity contribution in [1.29, 1.82) is 0 Å². The molecule has 1 saturated heterocycles. The Balaban J connectivity index is 2.10. The lowest BCUT2D eigenvalue weighted by molar-refractivity contribution is 0.405. The van der Waals surface area contributed by atoms with E-state index in [4.69, 9.17) is 4.74 Å². The number of methoxy groups -OCH3 is 1. The molecule has 1 fully saturated rings. The van der Waals surface area contributed by atoms with Crippen LogP contribution in [0.5, 0.6) is 5.75 Å². The standard InChI is InChI=1S/C12H17NO3S/c1-16-12-5-3-2-4-10(12)8-11-9-17(14,15)7-6-13-11/h2-5,11,13H,6-9H2,1H3. The Hall–Kier alpha value is -1.07. The minimum absolute atomic E-state index is 0.00921. The molecular weight excluding hydrogens is 238 g/mol. The maximum absolute atomic E-state index is 11.5. The van der Waals surface area contributed by atoms with Crippen molar-refractivity contribution in [2.24, 2.45) is 0 Å². The number of benzene rings is 1. The topological polar surface area (TPSA) is 55.4 Å². The second kappa shape index (κ2) is 5.06. The van der Waals surface area contributed by atoms with Gasteiger partial charge in [-0.3, -0.25) is 0 Å². The molecule has 94 valence electrons. The molecular formula is C12H17NO3S. The van der Waals surface area contributed by atoms with Gasteiger partial charge in [-0.25, -0.2) is 8.42 Å². The number of ether oxygens (including phenoxy) is 1. The van der Waals surface area contributed by atoms with Gasteiger partial charge in [0.15, 0.2) is 9.84 Å². The summed E-state index contributed by atoms with van der Waals surface area (Å²) in [6.07, 6.45) is 0.684. The monoisotopic (exact) mass is 255 g/mol. The molecule has 5 heteroatoms. The van der Waals surface area contributed by atoms with E-state index in [0.29, 0.717) is 13.0 Å². The lowest BCUT2D eigenvalue weighted by Gasteiger charge is -2.24. The number of hydrogen-bond acceptors (Lipinski definition) is 4. The fraction of sp³-hybridized carbons (Fsp3) is 0.500. The first-order valence-electron chi connectivity index (χ1n) is 5.66. The summed E-state index contributed by atoms with van der Waals surface area (Å²) in [4.78, 5) is 0. The number of sulfone groups is 1. The summed E-state index contributed by atoms with van der Waals surface area (Å²) < 4.78 is 28.3.